The van der Waals surface area contributed by atoms with Crippen LogP contribution in [-0.2, 0) is 16.1 Å². The summed E-state index contributed by atoms with van der Waals surface area (Å²) in [6.45, 7) is 4.72. The van der Waals surface area contributed by atoms with Crippen LogP contribution < -0.4 is 10.6 Å². The first-order valence-corrected chi connectivity index (χ1v) is 6.66. The Kier molecular flexibility index (Phi) is 7.84. The van der Waals surface area contributed by atoms with Gasteiger partial charge in [0.05, 0.1) is 0 Å². The SMILES string of the molecule is CCOCc1nc(NC)cc(NCCCCOC)n1. The lowest BCUT2D eigenvalue weighted by Gasteiger charge is -2.09. The molecule has 1 aromatic heterocycles. The zero-order valence-electron chi connectivity index (χ0n) is 12.0. The second-order valence-corrected chi connectivity index (χ2v) is 4.07. The minimum atomic E-state index is 0.435. The normalized spacial score (nSPS) is 10.5. The molecule has 0 aliphatic carbocycles. The highest BCUT2D eigenvalue weighted by Crippen LogP contribution is 2.11. The molecular weight excluding hydrogens is 244 g/mol. The molecule has 6 nitrogen and oxygen atoms in total. The third-order valence-corrected chi connectivity index (χ3v) is 2.55. The van der Waals surface area contributed by atoms with Crippen LogP contribution in [0.15, 0.2) is 6.07 Å². The fourth-order valence-corrected chi connectivity index (χ4v) is 1.56. The molecule has 0 saturated carbocycles. The Bertz CT molecular complexity index is 360. The van der Waals surface area contributed by atoms with Crippen LogP contribution in [0.4, 0.5) is 11.6 Å². The minimum Gasteiger partial charge on any atom is -0.385 e. The standard InChI is InChI=1S/C13H24N4O2/c1-4-19-10-13-16-11(14-2)9-12(17-13)15-7-5-6-8-18-3/h9H,4-8,10H2,1-3H3,(H2,14,15,16,17). The van der Waals surface area contributed by atoms with Gasteiger partial charge in [-0.1, -0.05) is 0 Å². The molecule has 0 radical (unpaired) electrons. The van der Waals surface area contributed by atoms with Gasteiger partial charge in [0.15, 0.2) is 5.82 Å². The summed E-state index contributed by atoms with van der Waals surface area (Å²) < 4.78 is 10.3. The van der Waals surface area contributed by atoms with Crippen molar-refractivity contribution in [3.05, 3.63) is 11.9 Å². The Morgan fingerprint density at radius 1 is 1.21 bits per heavy atom. The van der Waals surface area contributed by atoms with Crippen molar-refractivity contribution in [2.45, 2.75) is 26.4 Å². The van der Waals surface area contributed by atoms with E-state index in [1.54, 1.807) is 7.11 Å². The highest BCUT2D eigenvalue weighted by atomic mass is 16.5. The Balaban J connectivity index is 2.50. The van der Waals surface area contributed by atoms with Crippen molar-refractivity contribution >= 4 is 11.6 Å². The summed E-state index contributed by atoms with van der Waals surface area (Å²) in [6.07, 6.45) is 2.09. The van der Waals surface area contributed by atoms with Crippen LogP contribution in [0, 0.1) is 0 Å². The van der Waals surface area contributed by atoms with Crippen molar-refractivity contribution < 1.29 is 9.47 Å². The number of ether oxygens (including phenoxy) is 2. The fraction of sp³-hybridized carbons (Fsp3) is 0.692. The predicted octanol–water partition coefficient (Wildman–Crippen LogP) is 1.89. The molecule has 1 rings (SSSR count). The Morgan fingerprint density at radius 2 is 2.00 bits per heavy atom. The molecule has 0 saturated heterocycles. The van der Waals surface area contributed by atoms with Crippen LogP contribution in [0.25, 0.3) is 0 Å². The first-order chi connectivity index (χ1) is 9.30. The maximum Gasteiger partial charge on any atom is 0.158 e. The van der Waals surface area contributed by atoms with E-state index in [-0.39, 0.29) is 0 Å². The molecule has 1 aromatic rings. The zero-order chi connectivity index (χ0) is 13.9. The van der Waals surface area contributed by atoms with Gasteiger partial charge in [0.25, 0.3) is 0 Å². The van der Waals surface area contributed by atoms with Crippen LogP contribution in [0.2, 0.25) is 0 Å². The second kappa shape index (κ2) is 9.52. The molecule has 0 amide bonds. The van der Waals surface area contributed by atoms with E-state index in [4.69, 9.17) is 9.47 Å². The van der Waals surface area contributed by atoms with Crippen LogP contribution in [0.5, 0.6) is 0 Å². The monoisotopic (exact) mass is 268 g/mol. The van der Waals surface area contributed by atoms with Gasteiger partial charge in [0.2, 0.25) is 0 Å². The number of nitrogens with one attached hydrogen (secondary N) is 2. The minimum absolute atomic E-state index is 0.435. The average Bonchev–Trinajstić information content (AvgIpc) is 2.44. The molecule has 0 unspecified atom stereocenters. The number of aromatic nitrogens is 2. The van der Waals surface area contributed by atoms with Crippen molar-refractivity contribution in [1.82, 2.24) is 9.97 Å². The van der Waals surface area contributed by atoms with Gasteiger partial charge >= 0.3 is 0 Å². The summed E-state index contributed by atoms with van der Waals surface area (Å²) in [6, 6.07) is 1.89. The summed E-state index contributed by atoms with van der Waals surface area (Å²) in [5.41, 5.74) is 0. The Hall–Kier alpha value is -1.40. The molecule has 108 valence electrons. The lowest BCUT2D eigenvalue weighted by atomic mass is 10.3. The largest absolute Gasteiger partial charge is 0.385 e. The van der Waals surface area contributed by atoms with Crippen molar-refractivity contribution in [1.29, 1.82) is 0 Å². The molecule has 1 heterocycles. The average molecular weight is 268 g/mol. The summed E-state index contributed by atoms with van der Waals surface area (Å²) in [5.74, 6) is 2.31. The maximum absolute atomic E-state index is 5.33. The van der Waals surface area contributed by atoms with Crippen molar-refractivity contribution in [2.24, 2.45) is 0 Å². The van der Waals surface area contributed by atoms with E-state index in [1.165, 1.54) is 0 Å². The molecule has 0 aromatic carbocycles. The highest BCUT2D eigenvalue weighted by molar-refractivity contribution is 5.47. The molecule has 0 fully saturated rings. The zero-order valence-corrected chi connectivity index (χ0v) is 12.0. The summed E-state index contributed by atoms with van der Waals surface area (Å²) in [7, 11) is 3.56. The highest BCUT2D eigenvalue weighted by Gasteiger charge is 2.03. The van der Waals surface area contributed by atoms with Gasteiger partial charge in [-0.3, -0.25) is 0 Å². The molecule has 6 heteroatoms. The summed E-state index contributed by atoms with van der Waals surface area (Å²) in [4.78, 5) is 8.76. The van der Waals surface area contributed by atoms with E-state index < -0.39 is 0 Å². The van der Waals surface area contributed by atoms with Gasteiger partial charge in [-0.05, 0) is 19.8 Å². The molecule has 0 aliphatic heterocycles. The number of hydrogen-bond acceptors (Lipinski definition) is 6. The summed E-state index contributed by atoms with van der Waals surface area (Å²) >= 11 is 0. The number of nitrogens with zero attached hydrogens (tertiary/aromatic N) is 2. The van der Waals surface area contributed by atoms with Crippen LogP contribution in [0.3, 0.4) is 0 Å². The van der Waals surface area contributed by atoms with Crippen molar-refractivity contribution in [2.75, 3.05) is 44.5 Å². The molecule has 0 bridgehead atoms. The maximum atomic E-state index is 5.33. The van der Waals surface area contributed by atoms with E-state index >= 15 is 0 Å². The lowest BCUT2D eigenvalue weighted by Crippen LogP contribution is -2.09. The van der Waals surface area contributed by atoms with E-state index in [0.717, 1.165) is 37.6 Å². The number of hydrogen-bond donors (Lipinski definition) is 2. The third-order valence-electron chi connectivity index (χ3n) is 2.55. The lowest BCUT2D eigenvalue weighted by molar-refractivity contribution is 0.128. The smallest absolute Gasteiger partial charge is 0.158 e. The molecule has 0 spiro atoms. The van der Waals surface area contributed by atoms with Crippen LogP contribution >= 0.6 is 0 Å². The van der Waals surface area contributed by atoms with E-state index in [1.807, 2.05) is 20.0 Å². The van der Waals surface area contributed by atoms with Gasteiger partial charge in [0.1, 0.15) is 18.2 Å². The molecule has 0 atom stereocenters. The predicted molar refractivity (Wildman–Crippen MR) is 76.5 cm³/mol. The van der Waals surface area contributed by atoms with Gasteiger partial charge in [-0.15, -0.1) is 0 Å². The first-order valence-electron chi connectivity index (χ1n) is 6.66. The number of rotatable bonds is 10. The Labute approximate surface area is 114 Å². The third kappa shape index (κ3) is 6.35. The number of methoxy groups -OCH3 is 1. The van der Waals surface area contributed by atoms with Gasteiger partial charge in [0, 0.05) is 40.0 Å². The molecule has 2 N–H and O–H groups in total. The molecular formula is C13H24N4O2. The first kappa shape index (κ1) is 15.7. The van der Waals surface area contributed by atoms with E-state index in [2.05, 4.69) is 20.6 Å². The molecule has 0 aliphatic rings. The summed E-state index contributed by atoms with van der Waals surface area (Å²) in [5, 5.41) is 6.32. The van der Waals surface area contributed by atoms with Crippen LogP contribution in [-0.4, -0.2) is 43.9 Å². The molecule has 19 heavy (non-hydrogen) atoms. The van der Waals surface area contributed by atoms with Crippen molar-refractivity contribution in [3.63, 3.8) is 0 Å². The van der Waals surface area contributed by atoms with Gasteiger partial charge in [-0.2, -0.15) is 0 Å². The topological polar surface area (TPSA) is 68.3 Å². The van der Waals surface area contributed by atoms with Gasteiger partial charge in [-0.25, -0.2) is 9.97 Å². The quantitative estimate of drug-likeness (QED) is 0.632. The number of anilines is 2. The Morgan fingerprint density at radius 3 is 2.68 bits per heavy atom. The van der Waals surface area contributed by atoms with Gasteiger partial charge < -0.3 is 20.1 Å². The van der Waals surface area contributed by atoms with E-state index in [9.17, 15) is 0 Å². The fourth-order valence-electron chi connectivity index (χ4n) is 1.56. The second-order valence-electron chi connectivity index (χ2n) is 4.07. The van der Waals surface area contributed by atoms with Crippen molar-refractivity contribution in [3.8, 4) is 0 Å². The van der Waals surface area contributed by atoms with E-state index in [0.29, 0.717) is 19.0 Å². The number of unbranched alkanes of at least 4 members (excludes halogenated alkanes) is 1. The van der Waals surface area contributed by atoms with Crippen LogP contribution in [0.1, 0.15) is 25.6 Å².